The number of carbonyl (C=O) groups excluding carboxylic acids is 1. The lowest BCUT2D eigenvalue weighted by atomic mass is 9.82. The number of hydrogen-bond acceptors (Lipinski definition) is 3. The Labute approximate surface area is 126 Å². The normalized spacial score (nSPS) is 16.9. The van der Waals surface area contributed by atoms with Gasteiger partial charge in [-0.1, -0.05) is 25.3 Å². The van der Waals surface area contributed by atoms with Crippen LogP contribution in [-0.2, 0) is 0 Å². The van der Waals surface area contributed by atoms with Crippen molar-refractivity contribution in [3.05, 3.63) is 29.8 Å². The molecule has 0 atom stereocenters. The fourth-order valence-electron chi connectivity index (χ4n) is 2.56. The zero-order valence-electron chi connectivity index (χ0n) is 11.9. The second-order valence-electron chi connectivity index (χ2n) is 5.34. The summed E-state index contributed by atoms with van der Waals surface area (Å²) in [6, 6.07) is 7.15. The Balaban J connectivity index is 0.00000200. The van der Waals surface area contributed by atoms with Crippen LogP contribution in [0.3, 0.4) is 0 Å². The molecule has 2 rings (SSSR count). The standard InChI is InChI=1S/C15H22N2O2.ClH/c1-19-13-7-5-6-12(10-13)14(18)17-11-15(16)8-3-2-4-9-15;/h5-7,10H,2-4,8-9,11,16H2,1H3,(H,17,18);1H. The van der Waals surface area contributed by atoms with Gasteiger partial charge in [0, 0.05) is 17.6 Å². The predicted molar refractivity (Wildman–Crippen MR) is 82.6 cm³/mol. The van der Waals surface area contributed by atoms with Gasteiger partial charge in [0.25, 0.3) is 5.91 Å². The minimum Gasteiger partial charge on any atom is -0.497 e. The minimum absolute atomic E-state index is 0. The zero-order chi connectivity index (χ0) is 13.7. The summed E-state index contributed by atoms with van der Waals surface area (Å²) in [4.78, 5) is 12.1. The number of ether oxygens (including phenoxy) is 1. The Bertz CT molecular complexity index is 445. The Morgan fingerprint density at radius 3 is 2.70 bits per heavy atom. The Kier molecular flexibility index (Phi) is 6.30. The van der Waals surface area contributed by atoms with Gasteiger partial charge >= 0.3 is 0 Å². The molecule has 1 amide bonds. The fourth-order valence-corrected chi connectivity index (χ4v) is 2.56. The Morgan fingerprint density at radius 2 is 2.05 bits per heavy atom. The quantitative estimate of drug-likeness (QED) is 0.898. The number of rotatable bonds is 4. The first-order valence-corrected chi connectivity index (χ1v) is 6.84. The molecule has 0 aliphatic heterocycles. The molecule has 1 aliphatic rings. The van der Waals surface area contributed by atoms with Crippen LogP contribution in [0.5, 0.6) is 5.75 Å². The van der Waals surface area contributed by atoms with Gasteiger partial charge in [-0.15, -0.1) is 12.4 Å². The molecule has 1 fully saturated rings. The molecule has 0 aromatic heterocycles. The summed E-state index contributed by atoms with van der Waals surface area (Å²) in [5.74, 6) is 0.599. The average Bonchev–Trinajstić information content (AvgIpc) is 2.46. The molecule has 1 aromatic carbocycles. The SMILES string of the molecule is COc1cccc(C(=O)NCC2(N)CCCCC2)c1.Cl. The van der Waals surface area contributed by atoms with Gasteiger partial charge in [0.15, 0.2) is 0 Å². The van der Waals surface area contributed by atoms with Crippen molar-refractivity contribution in [3.8, 4) is 5.75 Å². The van der Waals surface area contributed by atoms with Crippen LogP contribution >= 0.6 is 12.4 Å². The molecule has 1 saturated carbocycles. The Hall–Kier alpha value is -1.26. The summed E-state index contributed by atoms with van der Waals surface area (Å²) in [6.45, 7) is 0.545. The van der Waals surface area contributed by atoms with E-state index >= 15 is 0 Å². The van der Waals surface area contributed by atoms with Gasteiger partial charge in [-0.3, -0.25) is 4.79 Å². The van der Waals surface area contributed by atoms with Crippen LogP contribution in [0.4, 0.5) is 0 Å². The lowest BCUT2D eigenvalue weighted by molar-refractivity contribution is 0.0937. The second-order valence-corrected chi connectivity index (χ2v) is 5.34. The van der Waals surface area contributed by atoms with E-state index in [1.807, 2.05) is 12.1 Å². The van der Waals surface area contributed by atoms with Crippen LogP contribution < -0.4 is 15.8 Å². The molecule has 0 saturated heterocycles. The summed E-state index contributed by atoms with van der Waals surface area (Å²) >= 11 is 0. The number of halogens is 1. The van der Waals surface area contributed by atoms with E-state index in [1.165, 1.54) is 6.42 Å². The molecule has 4 nitrogen and oxygen atoms in total. The van der Waals surface area contributed by atoms with Crippen LogP contribution in [0.2, 0.25) is 0 Å². The molecule has 112 valence electrons. The van der Waals surface area contributed by atoms with Gasteiger partial charge in [0.1, 0.15) is 5.75 Å². The third-order valence-electron chi connectivity index (χ3n) is 3.78. The Morgan fingerprint density at radius 1 is 1.35 bits per heavy atom. The summed E-state index contributed by atoms with van der Waals surface area (Å²) in [5.41, 5.74) is 6.68. The highest BCUT2D eigenvalue weighted by Gasteiger charge is 2.27. The number of amides is 1. The number of hydrogen-bond donors (Lipinski definition) is 2. The number of carbonyl (C=O) groups is 1. The van der Waals surface area contributed by atoms with Crippen molar-refractivity contribution >= 4 is 18.3 Å². The van der Waals surface area contributed by atoms with Crippen molar-refractivity contribution in [2.24, 2.45) is 5.73 Å². The summed E-state index contributed by atoms with van der Waals surface area (Å²) < 4.78 is 5.11. The summed E-state index contributed by atoms with van der Waals surface area (Å²) in [5, 5.41) is 2.94. The first kappa shape index (κ1) is 16.8. The smallest absolute Gasteiger partial charge is 0.251 e. The summed E-state index contributed by atoms with van der Waals surface area (Å²) in [6.07, 6.45) is 5.55. The molecular formula is C15H23ClN2O2. The van der Waals surface area contributed by atoms with Gasteiger partial charge in [-0.05, 0) is 31.0 Å². The number of methoxy groups -OCH3 is 1. The van der Waals surface area contributed by atoms with E-state index < -0.39 is 0 Å². The molecule has 0 radical (unpaired) electrons. The van der Waals surface area contributed by atoms with Gasteiger partial charge in [-0.25, -0.2) is 0 Å². The summed E-state index contributed by atoms with van der Waals surface area (Å²) in [7, 11) is 1.59. The minimum atomic E-state index is -0.229. The maximum atomic E-state index is 12.1. The lowest BCUT2D eigenvalue weighted by Gasteiger charge is -2.33. The molecule has 1 aliphatic carbocycles. The molecule has 0 unspecified atom stereocenters. The predicted octanol–water partition coefficient (Wildman–Crippen LogP) is 2.51. The monoisotopic (exact) mass is 298 g/mol. The largest absolute Gasteiger partial charge is 0.497 e. The lowest BCUT2D eigenvalue weighted by Crippen LogP contribution is -2.51. The first-order chi connectivity index (χ1) is 9.13. The molecule has 1 aromatic rings. The van der Waals surface area contributed by atoms with Crippen LogP contribution in [-0.4, -0.2) is 25.1 Å². The molecule has 3 N–H and O–H groups in total. The van der Waals surface area contributed by atoms with Crippen LogP contribution in [0, 0.1) is 0 Å². The highest BCUT2D eigenvalue weighted by atomic mass is 35.5. The molecular weight excluding hydrogens is 276 g/mol. The molecule has 0 spiro atoms. The van der Waals surface area contributed by atoms with E-state index in [0.29, 0.717) is 17.9 Å². The van der Waals surface area contributed by atoms with E-state index in [-0.39, 0.29) is 23.9 Å². The fraction of sp³-hybridized carbons (Fsp3) is 0.533. The van der Waals surface area contributed by atoms with Crippen molar-refractivity contribution in [2.75, 3.05) is 13.7 Å². The van der Waals surface area contributed by atoms with E-state index in [9.17, 15) is 4.79 Å². The highest BCUT2D eigenvalue weighted by Crippen LogP contribution is 2.25. The van der Waals surface area contributed by atoms with E-state index in [0.717, 1.165) is 25.7 Å². The van der Waals surface area contributed by atoms with Gasteiger partial charge in [0.05, 0.1) is 7.11 Å². The molecule has 5 heteroatoms. The third-order valence-corrected chi connectivity index (χ3v) is 3.78. The van der Waals surface area contributed by atoms with Crippen molar-refractivity contribution < 1.29 is 9.53 Å². The first-order valence-electron chi connectivity index (χ1n) is 6.84. The van der Waals surface area contributed by atoms with Gasteiger partial charge < -0.3 is 15.8 Å². The van der Waals surface area contributed by atoms with Crippen LogP contribution in [0.1, 0.15) is 42.5 Å². The van der Waals surface area contributed by atoms with E-state index in [1.54, 1.807) is 19.2 Å². The third kappa shape index (κ3) is 4.39. The van der Waals surface area contributed by atoms with Crippen LogP contribution in [0.25, 0.3) is 0 Å². The van der Waals surface area contributed by atoms with E-state index in [4.69, 9.17) is 10.5 Å². The average molecular weight is 299 g/mol. The van der Waals surface area contributed by atoms with Gasteiger partial charge in [0.2, 0.25) is 0 Å². The molecule has 0 bridgehead atoms. The van der Waals surface area contributed by atoms with E-state index in [2.05, 4.69) is 5.32 Å². The second kappa shape index (κ2) is 7.50. The van der Waals surface area contributed by atoms with Crippen molar-refractivity contribution in [3.63, 3.8) is 0 Å². The molecule has 20 heavy (non-hydrogen) atoms. The maximum absolute atomic E-state index is 12.1. The van der Waals surface area contributed by atoms with Crippen molar-refractivity contribution in [1.82, 2.24) is 5.32 Å². The van der Waals surface area contributed by atoms with Crippen molar-refractivity contribution in [2.45, 2.75) is 37.6 Å². The zero-order valence-corrected chi connectivity index (χ0v) is 12.7. The molecule has 0 heterocycles. The highest BCUT2D eigenvalue weighted by molar-refractivity contribution is 5.94. The van der Waals surface area contributed by atoms with Crippen molar-refractivity contribution in [1.29, 1.82) is 0 Å². The number of nitrogens with one attached hydrogen (secondary N) is 1. The maximum Gasteiger partial charge on any atom is 0.251 e. The van der Waals surface area contributed by atoms with Crippen LogP contribution in [0.15, 0.2) is 24.3 Å². The topological polar surface area (TPSA) is 64.3 Å². The number of benzene rings is 1. The van der Waals surface area contributed by atoms with Gasteiger partial charge in [-0.2, -0.15) is 0 Å². The number of nitrogens with two attached hydrogens (primary N) is 1.